The maximum atomic E-state index is 11.6. The number of methoxy groups -OCH3 is 1. The van der Waals surface area contributed by atoms with Gasteiger partial charge in [-0.3, -0.25) is 9.78 Å². The van der Waals surface area contributed by atoms with Crippen molar-refractivity contribution in [1.29, 1.82) is 0 Å². The maximum Gasteiger partial charge on any atom is 0.248 e. The van der Waals surface area contributed by atoms with Crippen LogP contribution in [0.5, 0.6) is 11.5 Å². The molecule has 1 atom stereocenters. The molecule has 0 saturated carbocycles. The maximum absolute atomic E-state index is 11.6. The minimum Gasteiger partial charge on any atom is -0.506 e. The van der Waals surface area contributed by atoms with Gasteiger partial charge in [-0.2, -0.15) is 0 Å². The number of aliphatic hydroxyl groups excluding tert-OH is 1. The number of aliphatic hydroxyl groups is 1. The second kappa shape index (κ2) is 11.8. The molecule has 2 aromatic heterocycles. The molecule has 0 aliphatic carbocycles. The summed E-state index contributed by atoms with van der Waals surface area (Å²) >= 11 is 0. The van der Waals surface area contributed by atoms with Gasteiger partial charge in [0.25, 0.3) is 0 Å². The van der Waals surface area contributed by atoms with Crippen LogP contribution in [0, 0.1) is 0 Å². The molecule has 0 aliphatic heterocycles. The molecule has 2 heterocycles. The molecular weight excluding hydrogens is 492 g/mol. The van der Waals surface area contributed by atoms with Crippen LogP contribution in [0.3, 0.4) is 0 Å². The molecule has 39 heavy (non-hydrogen) atoms. The van der Waals surface area contributed by atoms with E-state index in [4.69, 9.17) is 4.74 Å². The first kappa shape index (κ1) is 26.0. The van der Waals surface area contributed by atoms with Crippen LogP contribution in [-0.4, -0.2) is 40.4 Å². The zero-order valence-electron chi connectivity index (χ0n) is 21.5. The van der Waals surface area contributed by atoms with E-state index in [-0.39, 0.29) is 11.3 Å². The molecule has 8 nitrogen and oxygen atoms in total. The van der Waals surface area contributed by atoms with Gasteiger partial charge in [0.05, 0.1) is 18.7 Å². The van der Waals surface area contributed by atoms with Crippen LogP contribution in [0.15, 0.2) is 96.1 Å². The first-order chi connectivity index (χ1) is 19.0. The third-order valence-electron chi connectivity index (χ3n) is 6.61. The van der Waals surface area contributed by atoms with Crippen molar-refractivity contribution < 1.29 is 14.9 Å². The molecular formula is C31H30N4O4. The number of nitrogens with one attached hydrogen (secondary N) is 3. The molecule has 8 heteroatoms. The van der Waals surface area contributed by atoms with Crippen molar-refractivity contribution in [3.8, 4) is 22.6 Å². The number of phenols is 1. The fourth-order valence-electron chi connectivity index (χ4n) is 4.59. The van der Waals surface area contributed by atoms with Gasteiger partial charge in [-0.1, -0.05) is 24.3 Å². The van der Waals surface area contributed by atoms with E-state index in [1.165, 1.54) is 17.7 Å². The highest BCUT2D eigenvalue weighted by Crippen LogP contribution is 2.33. The van der Waals surface area contributed by atoms with Crippen LogP contribution in [0.2, 0.25) is 0 Å². The monoisotopic (exact) mass is 522 g/mol. The number of fused-ring (bicyclic) bond motifs is 1. The van der Waals surface area contributed by atoms with Crippen molar-refractivity contribution in [3.63, 3.8) is 0 Å². The summed E-state index contributed by atoms with van der Waals surface area (Å²) in [7, 11) is 1.66. The third kappa shape index (κ3) is 6.09. The van der Waals surface area contributed by atoms with Gasteiger partial charge in [0.2, 0.25) is 5.56 Å². The molecule has 0 unspecified atom stereocenters. The Bertz CT molecular complexity index is 1620. The molecule has 0 radical (unpaired) electrons. The summed E-state index contributed by atoms with van der Waals surface area (Å²) < 4.78 is 5.54. The summed E-state index contributed by atoms with van der Waals surface area (Å²) in [5.74, 6) is 0.764. The standard InChI is InChI=1S/C31H30N4O4/c1-39-29-12-8-23(17-26(29)21-3-2-15-32-18-21)34-22-6-4-20(5-7-22)14-16-33-19-28(37)24-9-11-27(36)31-25(24)10-13-30(38)35-31/h2-13,15,17-18,28,33-34,36-37H,14,16,19H2,1H3,(H,35,38)/t28-/m0/s1. The van der Waals surface area contributed by atoms with E-state index in [1.54, 1.807) is 25.4 Å². The Balaban J connectivity index is 1.16. The SMILES string of the molecule is COc1ccc(Nc2ccc(CCNC[C@H](O)c3ccc(O)c4[nH]c(=O)ccc34)cc2)cc1-c1cccnc1. The smallest absolute Gasteiger partial charge is 0.248 e. The molecule has 0 fully saturated rings. The number of aromatic hydroxyl groups is 1. The average Bonchev–Trinajstić information content (AvgIpc) is 2.97. The number of hydrogen-bond acceptors (Lipinski definition) is 7. The van der Waals surface area contributed by atoms with Crippen molar-refractivity contribution in [2.45, 2.75) is 12.5 Å². The Kier molecular flexibility index (Phi) is 7.86. The number of phenolic OH excluding ortho intramolecular Hbond substituents is 1. The molecule has 0 bridgehead atoms. The van der Waals surface area contributed by atoms with Crippen molar-refractivity contribution in [3.05, 3.63) is 113 Å². The van der Waals surface area contributed by atoms with Crippen LogP contribution < -0.4 is 20.9 Å². The van der Waals surface area contributed by atoms with Gasteiger partial charge in [-0.25, -0.2) is 0 Å². The zero-order chi connectivity index (χ0) is 27.2. The molecule has 0 amide bonds. The summed E-state index contributed by atoms with van der Waals surface area (Å²) in [6.07, 6.45) is 3.58. The van der Waals surface area contributed by atoms with Gasteiger partial charge < -0.3 is 30.6 Å². The molecule has 5 N–H and O–H groups in total. The summed E-state index contributed by atoms with van der Waals surface area (Å²) in [6, 6.07) is 24.3. The number of aromatic nitrogens is 2. The Morgan fingerprint density at radius 2 is 1.82 bits per heavy atom. The largest absolute Gasteiger partial charge is 0.506 e. The summed E-state index contributed by atoms with van der Waals surface area (Å²) in [5.41, 5.74) is 5.71. The second-order valence-electron chi connectivity index (χ2n) is 9.23. The van der Waals surface area contributed by atoms with Gasteiger partial charge >= 0.3 is 0 Å². The van der Waals surface area contributed by atoms with Crippen molar-refractivity contribution in [1.82, 2.24) is 15.3 Å². The molecule has 0 saturated heterocycles. The van der Waals surface area contributed by atoms with E-state index in [9.17, 15) is 15.0 Å². The van der Waals surface area contributed by atoms with Gasteiger partial charge in [0.1, 0.15) is 11.5 Å². The lowest BCUT2D eigenvalue weighted by Gasteiger charge is -2.15. The lowest BCUT2D eigenvalue weighted by atomic mass is 10.0. The lowest BCUT2D eigenvalue weighted by Crippen LogP contribution is -2.24. The van der Waals surface area contributed by atoms with E-state index in [0.717, 1.165) is 34.7 Å². The Hall–Kier alpha value is -4.66. The van der Waals surface area contributed by atoms with Crippen LogP contribution >= 0.6 is 0 Å². The van der Waals surface area contributed by atoms with Gasteiger partial charge in [0.15, 0.2) is 0 Å². The summed E-state index contributed by atoms with van der Waals surface area (Å²) in [6.45, 7) is 1.03. The van der Waals surface area contributed by atoms with Crippen LogP contribution in [0.4, 0.5) is 11.4 Å². The van der Waals surface area contributed by atoms with E-state index in [0.29, 0.717) is 29.6 Å². The van der Waals surface area contributed by atoms with E-state index in [1.807, 2.05) is 48.7 Å². The lowest BCUT2D eigenvalue weighted by molar-refractivity contribution is 0.176. The summed E-state index contributed by atoms with van der Waals surface area (Å²) in [4.78, 5) is 18.5. The second-order valence-corrected chi connectivity index (χ2v) is 9.23. The normalized spacial score (nSPS) is 11.8. The van der Waals surface area contributed by atoms with Gasteiger partial charge in [0, 0.05) is 52.9 Å². The minimum atomic E-state index is -0.786. The van der Waals surface area contributed by atoms with Crippen molar-refractivity contribution >= 4 is 22.3 Å². The molecule has 198 valence electrons. The molecule has 0 aliphatic rings. The third-order valence-corrected chi connectivity index (χ3v) is 6.61. The fraction of sp³-hybridized carbons (Fsp3) is 0.161. The van der Waals surface area contributed by atoms with E-state index >= 15 is 0 Å². The Morgan fingerprint density at radius 3 is 2.59 bits per heavy atom. The number of pyridine rings is 2. The predicted octanol–water partition coefficient (Wildman–Crippen LogP) is 4.91. The Morgan fingerprint density at radius 1 is 1.00 bits per heavy atom. The molecule has 0 spiro atoms. The number of hydrogen-bond donors (Lipinski definition) is 5. The van der Waals surface area contributed by atoms with Gasteiger partial charge in [-0.15, -0.1) is 0 Å². The topological polar surface area (TPSA) is 119 Å². The number of nitrogens with zero attached hydrogens (tertiary/aromatic N) is 1. The first-order valence-corrected chi connectivity index (χ1v) is 12.7. The molecule has 5 aromatic rings. The average molecular weight is 523 g/mol. The van der Waals surface area contributed by atoms with Crippen molar-refractivity contribution in [2.75, 3.05) is 25.5 Å². The van der Waals surface area contributed by atoms with Crippen LogP contribution in [-0.2, 0) is 6.42 Å². The number of aromatic amines is 1. The Labute approximate surface area is 226 Å². The number of rotatable bonds is 10. The van der Waals surface area contributed by atoms with Crippen LogP contribution in [0.25, 0.3) is 22.0 Å². The first-order valence-electron chi connectivity index (χ1n) is 12.7. The van der Waals surface area contributed by atoms with E-state index < -0.39 is 6.10 Å². The zero-order valence-corrected chi connectivity index (χ0v) is 21.5. The number of benzene rings is 3. The highest BCUT2D eigenvalue weighted by atomic mass is 16.5. The highest BCUT2D eigenvalue weighted by molar-refractivity contribution is 5.87. The predicted molar refractivity (Wildman–Crippen MR) is 154 cm³/mol. The number of anilines is 2. The number of H-pyrrole nitrogens is 1. The molecule has 3 aromatic carbocycles. The summed E-state index contributed by atoms with van der Waals surface area (Å²) in [5, 5.41) is 28.1. The van der Waals surface area contributed by atoms with Gasteiger partial charge in [-0.05, 0) is 72.6 Å². The minimum absolute atomic E-state index is 0.0227. The van der Waals surface area contributed by atoms with Crippen LogP contribution in [0.1, 0.15) is 17.2 Å². The fourth-order valence-corrected chi connectivity index (χ4v) is 4.59. The number of ether oxygens (including phenoxy) is 1. The molecule has 5 rings (SSSR count). The van der Waals surface area contributed by atoms with E-state index in [2.05, 4.69) is 32.7 Å². The van der Waals surface area contributed by atoms with Crippen molar-refractivity contribution in [2.24, 2.45) is 0 Å². The quantitative estimate of drug-likeness (QED) is 0.165. The highest BCUT2D eigenvalue weighted by Gasteiger charge is 2.14.